The molecule has 3 nitrogen and oxygen atoms in total. The van der Waals surface area contributed by atoms with Crippen molar-refractivity contribution < 1.29 is 18.0 Å². The fraction of sp³-hybridized carbons (Fsp3) is 0.182. The summed E-state index contributed by atoms with van der Waals surface area (Å²) in [4.78, 5) is 0. The molecule has 0 bridgehead atoms. The molecule has 0 atom stereocenters. The first-order valence-electron chi connectivity index (χ1n) is 4.76. The lowest BCUT2D eigenvalue weighted by molar-refractivity contribution is -0.0495. The Morgan fingerprint density at radius 2 is 2.12 bits per heavy atom. The van der Waals surface area contributed by atoms with E-state index in [1.54, 1.807) is 24.3 Å². The van der Waals surface area contributed by atoms with E-state index in [4.69, 9.17) is 16.1 Å². The molecular weight excluding hydrogens is 252 g/mol. The molecule has 2 aromatic rings. The number of rotatable bonds is 4. The van der Waals surface area contributed by atoms with Crippen molar-refractivity contribution in [2.24, 2.45) is 0 Å². The molecule has 0 saturated carbocycles. The first kappa shape index (κ1) is 11.9. The van der Waals surface area contributed by atoms with Gasteiger partial charge < -0.3 is 9.26 Å². The average molecular weight is 260 g/mol. The minimum absolute atomic E-state index is 0.0415. The highest BCUT2D eigenvalue weighted by atomic mass is 35.5. The standard InChI is InChI=1S/C11H8ClF2NO2/c12-6-7-5-10(17-15-7)8-3-1-2-4-9(8)16-11(13)14/h1-5,11H,6H2. The second-order valence-corrected chi connectivity index (χ2v) is 3.46. The van der Waals surface area contributed by atoms with Gasteiger partial charge in [0.1, 0.15) is 5.75 Å². The van der Waals surface area contributed by atoms with Gasteiger partial charge in [0.2, 0.25) is 0 Å². The van der Waals surface area contributed by atoms with Gasteiger partial charge in [0, 0.05) is 6.07 Å². The number of nitrogens with zero attached hydrogens (tertiary/aromatic N) is 1. The third kappa shape index (κ3) is 2.74. The molecule has 0 fully saturated rings. The van der Waals surface area contributed by atoms with Gasteiger partial charge in [-0.15, -0.1) is 11.6 Å². The van der Waals surface area contributed by atoms with Crippen LogP contribution in [0.4, 0.5) is 8.78 Å². The van der Waals surface area contributed by atoms with E-state index in [1.165, 1.54) is 6.07 Å². The lowest BCUT2D eigenvalue weighted by Gasteiger charge is -2.07. The van der Waals surface area contributed by atoms with Gasteiger partial charge in [0.25, 0.3) is 0 Å². The van der Waals surface area contributed by atoms with Crippen molar-refractivity contribution in [3.8, 4) is 17.1 Å². The highest BCUT2D eigenvalue weighted by Gasteiger charge is 2.14. The molecule has 2 rings (SSSR count). The summed E-state index contributed by atoms with van der Waals surface area (Å²) in [5.74, 6) is 0.582. The fourth-order valence-corrected chi connectivity index (χ4v) is 1.50. The van der Waals surface area contributed by atoms with Gasteiger partial charge in [0.05, 0.1) is 17.1 Å². The first-order valence-corrected chi connectivity index (χ1v) is 5.30. The average Bonchev–Trinajstić information content (AvgIpc) is 2.77. The van der Waals surface area contributed by atoms with Crippen molar-refractivity contribution in [2.75, 3.05) is 0 Å². The predicted molar refractivity (Wildman–Crippen MR) is 58.1 cm³/mol. The van der Waals surface area contributed by atoms with Crippen LogP contribution in [-0.2, 0) is 5.88 Å². The molecule has 0 spiro atoms. The quantitative estimate of drug-likeness (QED) is 0.786. The summed E-state index contributed by atoms with van der Waals surface area (Å²) < 4.78 is 33.8. The fourth-order valence-electron chi connectivity index (χ4n) is 1.37. The van der Waals surface area contributed by atoms with Gasteiger partial charge >= 0.3 is 6.61 Å². The van der Waals surface area contributed by atoms with E-state index in [0.717, 1.165) is 0 Å². The zero-order chi connectivity index (χ0) is 12.3. The third-order valence-electron chi connectivity index (χ3n) is 2.06. The molecule has 0 aliphatic carbocycles. The molecule has 0 aliphatic heterocycles. The lowest BCUT2D eigenvalue weighted by Crippen LogP contribution is -2.02. The second kappa shape index (κ2) is 5.14. The number of halogens is 3. The van der Waals surface area contributed by atoms with Crippen molar-refractivity contribution >= 4 is 11.6 Å². The van der Waals surface area contributed by atoms with E-state index < -0.39 is 6.61 Å². The smallest absolute Gasteiger partial charge is 0.387 e. The van der Waals surface area contributed by atoms with E-state index in [9.17, 15) is 8.78 Å². The predicted octanol–water partition coefficient (Wildman–Crippen LogP) is 3.68. The van der Waals surface area contributed by atoms with E-state index in [0.29, 0.717) is 17.0 Å². The van der Waals surface area contributed by atoms with Crippen molar-refractivity contribution in [1.82, 2.24) is 5.16 Å². The van der Waals surface area contributed by atoms with Gasteiger partial charge in [-0.3, -0.25) is 0 Å². The number of para-hydroxylation sites is 1. The normalized spacial score (nSPS) is 10.8. The molecule has 0 radical (unpaired) electrons. The number of ether oxygens (including phenoxy) is 1. The molecule has 1 aromatic heterocycles. The molecule has 1 heterocycles. The molecule has 0 unspecified atom stereocenters. The maximum atomic E-state index is 12.2. The van der Waals surface area contributed by atoms with Crippen LogP contribution in [0, 0.1) is 0 Å². The first-order chi connectivity index (χ1) is 8.20. The topological polar surface area (TPSA) is 35.3 Å². The van der Waals surface area contributed by atoms with E-state index in [2.05, 4.69) is 9.89 Å². The van der Waals surface area contributed by atoms with Crippen LogP contribution >= 0.6 is 11.6 Å². The van der Waals surface area contributed by atoms with Gasteiger partial charge in [-0.25, -0.2) is 0 Å². The van der Waals surface area contributed by atoms with Crippen LogP contribution in [0.3, 0.4) is 0 Å². The van der Waals surface area contributed by atoms with Gasteiger partial charge in [-0.2, -0.15) is 8.78 Å². The Balaban J connectivity index is 2.36. The summed E-state index contributed by atoms with van der Waals surface area (Å²) in [5, 5.41) is 3.68. The third-order valence-corrected chi connectivity index (χ3v) is 2.34. The van der Waals surface area contributed by atoms with Crippen LogP contribution in [-0.4, -0.2) is 11.8 Å². The highest BCUT2D eigenvalue weighted by Crippen LogP contribution is 2.31. The van der Waals surface area contributed by atoms with Crippen LogP contribution in [0.25, 0.3) is 11.3 Å². The Labute approximate surface area is 101 Å². The number of hydrogen-bond donors (Lipinski definition) is 0. The zero-order valence-corrected chi connectivity index (χ0v) is 9.32. The molecule has 6 heteroatoms. The lowest BCUT2D eigenvalue weighted by atomic mass is 10.1. The number of aromatic nitrogens is 1. The SMILES string of the molecule is FC(F)Oc1ccccc1-c1cc(CCl)no1. The Morgan fingerprint density at radius 3 is 2.76 bits per heavy atom. The molecule has 90 valence electrons. The summed E-state index contributed by atoms with van der Waals surface area (Å²) in [6, 6.07) is 7.91. The molecule has 0 amide bonds. The van der Waals surface area contributed by atoms with Crippen molar-refractivity contribution in [3.05, 3.63) is 36.0 Å². The van der Waals surface area contributed by atoms with Crippen LogP contribution in [0.2, 0.25) is 0 Å². The van der Waals surface area contributed by atoms with Crippen LogP contribution in [0.1, 0.15) is 5.69 Å². The molecule has 0 saturated heterocycles. The maximum Gasteiger partial charge on any atom is 0.387 e. The van der Waals surface area contributed by atoms with Crippen molar-refractivity contribution in [2.45, 2.75) is 12.5 Å². The molecule has 0 N–H and O–H groups in total. The summed E-state index contributed by atoms with van der Waals surface area (Å²) in [7, 11) is 0. The van der Waals surface area contributed by atoms with Crippen LogP contribution < -0.4 is 4.74 Å². The Morgan fingerprint density at radius 1 is 1.35 bits per heavy atom. The largest absolute Gasteiger partial charge is 0.434 e. The van der Waals surface area contributed by atoms with Crippen LogP contribution in [0.15, 0.2) is 34.9 Å². The Hall–Kier alpha value is -1.62. The number of hydrogen-bond acceptors (Lipinski definition) is 3. The van der Waals surface area contributed by atoms with E-state index in [1.807, 2.05) is 0 Å². The highest BCUT2D eigenvalue weighted by molar-refractivity contribution is 6.16. The summed E-state index contributed by atoms with van der Waals surface area (Å²) in [6.45, 7) is -2.88. The Bertz CT molecular complexity index is 502. The zero-order valence-electron chi connectivity index (χ0n) is 8.57. The van der Waals surface area contributed by atoms with Crippen molar-refractivity contribution in [3.63, 3.8) is 0 Å². The van der Waals surface area contributed by atoms with Crippen molar-refractivity contribution in [1.29, 1.82) is 0 Å². The van der Waals surface area contributed by atoms with Crippen LogP contribution in [0.5, 0.6) is 5.75 Å². The summed E-state index contributed by atoms with van der Waals surface area (Å²) >= 11 is 5.58. The van der Waals surface area contributed by atoms with Gasteiger partial charge in [0.15, 0.2) is 5.76 Å². The minimum Gasteiger partial charge on any atom is -0.434 e. The van der Waals surface area contributed by atoms with E-state index >= 15 is 0 Å². The molecule has 1 aromatic carbocycles. The molecule has 0 aliphatic rings. The van der Waals surface area contributed by atoms with Gasteiger partial charge in [-0.05, 0) is 12.1 Å². The molecular formula is C11H8ClF2NO2. The monoisotopic (exact) mass is 259 g/mol. The Kier molecular flexibility index (Phi) is 3.58. The summed E-state index contributed by atoms with van der Waals surface area (Å²) in [6.07, 6.45) is 0. The summed E-state index contributed by atoms with van der Waals surface area (Å²) in [5.41, 5.74) is 0.949. The van der Waals surface area contributed by atoms with Gasteiger partial charge in [-0.1, -0.05) is 17.3 Å². The number of benzene rings is 1. The molecule has 17 heavy (non-hydrogen) atoms. The number of alkyl halides is 3. The van der Waals surface area contributed by atoms with E-state index in [-0.39, 0.29) is 11.6 Å². The second-order valence-electron chi connectivity index (χ2n) is 3.19. The minimum atomic E-state index is -2.88. The maximum absolute atomic E-state index is 12.2.